The molecule has 0 aromatic rings. The zero-order valence-corrected chi connectivity index (χ0v) is 17.9. The lowest BCUT2D eigenvalue weighted by atomic mass is 9.63. The maximum Gasteiger partial charge on any atom is 0.119 e. The first kappa shape index (κ1) is 21.2. The van der Waals surface area contributed by atoms with Crippen molar-refractivity contribution in [2.24, 2.45) is 11.3 Å². The van der Waals surface area contributed by atoms with Gasteiger partial charge in [0, 0.05) is 6.42 Å². The van der Waals surface area contributed by atoms with Crippen molar-refractivity contribution in [3.63, 3.8) is 0 Å². The van der Waals surface area contributed by atoms with Gasteiger partial charge in [0.15, 0.2) is 0 Å². The molecule has 0 aromatic heterocycles. The minimum atomic E-state index is -0.901. The van der Waals surface area contributed by atoms with Crippen LogP contribution in [0.2, 0.25) is 0 Å². The lowest BCUT2D eigenvalue weighted by Gasteiger charge is -2.41. The third-order valence-corrected chi connectivity index (χ3v) is 6.86. The standard InChI is InChI=1S/C26H36O2/c1-19-20(9-7-12-24(19)27)13-14-21-10-8-18-26(4)22(15-16-23(21)26)11-5-6-17-25(2,3)28/h13-15,23-24,27-28H,1,5,7-12,16,18H2,2-4H3/b20-13-,21-14+/t23?,24-,26?/m0/s1. The van der Waals surface area contributed by atoms with E-state index in [9.17, 15) is 10.2 Å². The molecule has 2 unspecified atom stereocenters. The Bertz CT molecular complexity index is 762. The van der Waals surface area contributed by atoms with Crippen molar-refractivity contribution in [2.45, 2.75) is 90.3 Å². The number of aliphatic hydroxyl groups excluding tert-OH is 1. The fourth-order valence-electron chi connectivity index (χ4n) is 5.20. The third-order valence-electron chi connectivity index (χ3n) is 6.86. The van der Waals surface area contributed by atoms with Crippen LogP contribution >= 0.6 is 0 Å². The van der Waals surface area contributed by atoms with Crippen LogP contribution in [0, 0.1) is 23.2 Å². The van der Waals surface area contributed by atoms with Gasteiger partial charge in [0.05, 0.1) is 6.10 Å². The number of hydrogen-bond donors (Lipinski definition) is 2. The Morgan fingerprint density at radius 2 is 2.07 bits per heavy atom. The molecule has 0 amide bonds. The van der Waals surface area contributed by atoms with Gasteiger partial charge in [0.2, 0.25) is 0 Å². The van der Waals surface area contributed by atoms with Gasteiger partial charge in [-0.3, -0.25) is 0 Å². The summed E-state index contributed by atoms with van der Waals surface area (Å²) in [6.45, 7) is 10.0. The highest BCUT2D eigenvalue weighted by atomic mass is 16.3. The molecule has 0 radical (unpaired) electrons. The SMILES string of the molecule is C=C1/C(=C\C=C2/CCCC3(C)C(CCC#CC(C)(C)O)=CCC23)CCC[C@@H]1O. The van der Waals surface area contributed by atoms with Crippen LogP contribution in [0.3, 0.4) is 0 Å². The van der Waals surface area contributed by atoms with E-state index < -0.39 is 5.60 Å². The van der Waals surface area contributed by atoms with Crippen LogP contribution in [0.1, 0.15) is 78.6 Å². The Labute approximate surface area is 171 Å². The highest BCUT2D eigenvalue weighted by molar-refractivity contribution is 5.39. The fourth-order valence-corrected chi connectivity index (χ4v) is 5.20. The molecular weight excluding hydrogens is 344 g/mol. The number of fused-ring (bicyclic) bond motifs is 1. The third kappa shape index (κ3) is 4.70. The molecule has 2 heteroatoms. The molecule has 152 valence electrons. The molecule has 2 saturated carbocycles. The molecule has 2 N–H and O–H groups in total. The zero-order valence-electron chi connectivity index (χ0n) is 17.9. The molecule has 0 bridgehead atoms. The van der Waals surface area contributed by atoms with Gasteiger partial charge in [-0.2, -0.15) is 0 Å². The first-order valence-electron chi connectivity index (χ1n) is 10.9. The van der Waals surface area contributed by atoms with Crippen LogP contribution in [-0.4, -0.2) is 21.9 Å². The van der Waals surface area contributed by atoms with E-state index in [1.165, 1.54) is 24.8 Å². The molecule has 3 rings (SSSR count). The summed E-state index contributed by atoms with van der Waals surface area (Å²) in [5.41, 5.74) is 4.61. The van der Waals surface area contributed by atoms with Gasteiger partial charge in [-0.05, 0) is 87.7 Å². The second-order valence-corrected chi connectivity index (χ2v) is 9.52. The lowest BCUT2D eigenvalue weighted by Crippen LogP contribution is -2.30. The molecule has 3 aliphatic carbocycles. The quantitative estimate of drug-likeness (QED) is 0.492. The van der Waals surface area contributed by atoms with Crippen molar-refractivity contribution in [3.8, 4) is 11.8 Å². The largest absolute Gasteiger partial charge is 0.388 e. The summed E-state index contributed by atoms with van der Waals surface area (Å²) in [7, 11) is 0. The molecule has 0 aliphatic heterocycles. The van der Waals surface area contributed by atoms with Crippen LogP contribution in [0.15, 0.2) is 47.1 Å². The van der Waals surface area contributed by atoms with E-state index in [0.29, 0.717) is 5.92 Å². The van der Waals surface area contributed by atoms with Crippen molar-refractivity contribution < 1.29 is 10.2 Å². The number of hydrogen-bond acceptors (Lipinski definition) is 2. The highest BCUT2D eigenvalue weighted by Crippen LogP contribution is 2.55. The van der Waals surface area contributed by atoms with Gasteiger partial charge in [-0.1, -0.05) is 54.7 Å². The van der Waals surface area contributed by atoms with E-state index in [2.05, 4.69) is 43.6 Å². The first-order valence-corrected chi connectivity index (χ1v) is 10.9. The summed E-state index contributed by atoms with van der Waals surface area (Å²) < 4.78 is 0. The molecule has 3 aliphatic rings. The zero-order chi connectivity index (χ0) is 20.4. The van der Waals surface area contributed by atoms with Crippen LogP contribution in [0.25, 0.3) is 0 Å². The van der Waals surface area contributed by atoms with Crippen LogP contribution in [-0.2, 0) is 0 Å². The van der Waals surface area contributed by atoms with E-state index in [4.69, 9.17) is 0 Å². The van der Waals surface area contributed by atoms with Gasteiger partial charge in [0.25, 0.3) is 0 Å². The minimum Gasteiger partial charge on any atom is -0.388 e. The van der Waals surface area contributed by atoms with Crippen LogP contribution in [0.4, 0.5) is 0 Å². The minimum absolute atomic E-state index is 0.252. The summed E-state index contributed by atoms with van der Waals surface area (Å²) in [6, 6.07) is 0. The Hall–Kier alpha value is -1.56. The molecule has 3 atom stereocenters. The van der Waals surface area contributed by atoms with Crippen LogP contribution in [0.5, 0.6) is 0 Å². The summed E-state index contributed by atoms with van der Waals surface area (Å²) in [5, 5.41) is 19.8. The van der Waals surface area contributed by atoms with Crippen molar-refractivity contribution in [1.29, 1.82) is 0 Å². The average molecular weight is 381 g/mol. The smallest absolute Gasteiger partial charge is 0.119 e. The summed E-state index contributed by atoms with van der Waals surface area (Å²) in [5.74, 6) is 6.68. The predicted octanol–water partition coefficient (Wildman–Crippen LogP) is 5.63. The van der Waals surface area contributed by atoms with Gasteiger partial charge in [-0.15, -0.1) is 0 Å². The van der Waals surface area contributed by atoms with E-state index in [1.54, 1.807) is 25.0 Å². The molecule has 0 aromatic carbocycles. The Balaban J connectivity index is 1.70. The lowest BCUT2D eigenvalue weighted by molar-refractivity contribution is 0.143. The second-order valence-electron chi connectivity index (χ2n) is 9.52. The highest BCUT2D eigenvalue weighted by Gasteiger charge is 2.44. The topological polar surface area (TPSA) is 40.5 Å². The van der Waals surface area contributed by atoms with E-state index in [0.717, 1.165) is 44.1 Å². The van der Waals surface area contributed by atoms with Crippen molar-refractivity contribution in [1.82, 2.24) is 0 Å². The van der Waals surface area contributed by atoms with Crippen molar-refractivity contribution in [3.05, 3.63) is 47.1 Å². The Morgan fingerprint density at radius 3 is 2.82 bits per heavy atom. The Kier molecular flexibility index (Phi) is 6.37. The molecular formula is C26H36O2. The summed E-state index contributed by atoms with van der Waals surface area (Å²) in [6.07, 6.45) is 16.2. The normalized spacial score (nSPS) is 33.5. The van der Waals surface area contributed by atoms with Gasteiger partial charge in [-0.25, -0.2) is 0 Å². The maximum atomic E-state index is 10.1. The maximum absolute atomic E-state index is 10.1. The van der Waals surface area contributed by atoms with Crippen molar-refractivity contribution in [2.75, 3.05) is 0 Å². The monoisotopic (exact) mass is 380 g/mol. The predicted molar refractivity (Wildman–Crippen MR) is 117 cm³/mol. The van der Waals surface area contributed by atoms with Gasteiger partial charge < -0.3 is 10.2 Å². The molecule has 0 spiro atoms. The molecule has 0 saturated heterocycles. The average Bonchev–Trinajstić information content (AvgIpc) is 2.96. The van der Waals surface area contributed by atoms with E-state index >= 15 is 0 Å². The van der Waals surface area contributed by atoms with Crippen LogP contribution < -0.4 is 0 Å². The van der Waals surface area contributed by atoms with Gasteiger partial charge in [0.1, 0.15) is 5.60 Å². The summed E-state index contributed by atoms with van der Waals surface area (Å²) in [4.78, 5) is 0. The fraction of sp³-hybridized carbons (Fsp3) is 0.615. The van der Waals surface area contributed by atoms with E-state index in [1.807, 2.05) is 0 Å². The van der Waals surface area contributed by atoms with Crippen molar-refractivity contribution >= 4 is 0 Å². The molecule has 0 heterocycles. The number of aliphatic hydroxyl groups is 2. The van der Waals surface area contributed by atoms with E-state index in [-0.39, 0.29) is 11.5 Å². The number of rotatable bonds is 3. The summed E-state index contributed by atoms with van der Waals surface area (Å²) >= 11 is 0. The second kappa shape index (κ2) is 8.44. The molecule has 2 fully saturated rings. The molecule has 2 nitrogen and oxygen atoms in total. The number of allylic oxidation sites excluding steroid dienone is 5. The Morgan fingerprint density at radius 1 is 1.29 bits per heavy atom. The van der Waals surface area contributed by atoms with Gasteiger partial charge >= 0.3 is 0 Å². The molecule has 28 heavy (non-hydrogen) atoms. The first-order chi connectivity index (χ1) is 13.2.